The highest BCUT2D eigenvalue weighted by atomic mass is 32.2. The summed E-state index contributed by atoms with van der Waals surface area (Å²) >= 11 is 1.24. The van der Waals surface area contributed by atoms with Crippen LogP contribution >= 0.6 is 11.8 Å². The molecule has 1 unspecified atom stereocenters. The molecule has 31 heavy (non-hydrogen) atoms. The van der Waals surface area contributed by atoms with Crippen molar-refractivity contribution in [3.63, 3.8) is 0 Å². The van der Waals surface area contributed by atoms with Crippen LogP contribution in [0.25, 0.3) is 0 Å². The molecule has 2 atom stereocenters. The van der Waals surface area contributed by atoms with E-state index < -0.39 is 40.7 Å². The number of carbonyl (C=O) groups excluding carboxylic acids is 4. The van der Waals surface area contributed by atoms with Crippen molar-refractivity contribution < 1.29 is 28.7 Å². The van der Waals surface area contributed by atoms with Crippen molar-refractivity contribution >= 4 is 35.5 Å². The van der Waals surface area contributed by atoms with Crippen LogP contribution in [-0.2, 0) is 23.9 Å². The van der Waals surface area contributed by atoms with Crippen molar-refractivity contribution in [2.45, 2.75) is 37.8 Å². The number of nitrogens with two attached hydrogens (primary N) is 1. The molecule has 1 aromatic carbocycles. The van der Waals surface area contributed by atoms with Gasteiger partial charge in [-0.1, -0.05) is 18.2 Å². The lowest BCUT2D eigenvalue weighted by atomic mass is 10.0. The third kappa shape index (κ3) is 5.00. The fraction of sp³-hybridized carbons (Fsp3) is 0.400. The van der Waals surface area contributed by atoms with Gasteiger partial charge in [-0.25, -0.2) is 10.6 Å². The van der Waals surface area contributed by atoms with E-state index in [0.29, 0.717) is 5.75 Å². The van der Waals surface area contributed by atoms with Crippen molar-refractivity contribution in [3.8, 4) is 5.75 Å². The quantitative estimate of drug-likeness (QED) is 0.182. The molecule has 0 radical (unpaired) electrons. The number of ether oxygens (including phenoxy) is 2. The third-order valence-corrected chi connectivity index (χ3v) is 5.68. The van der Waals surface area contributed by atoms with Crippen LogP contribution in [0.15, 0.2) is 41.6 Å². The molecule has 0 aliphatic carbocycles. The number of hydrogen-bond donors (Lipinski definition) is 3. The van der Waals surface area contributed by atoms with E-state index in [4.69, 9.17) is 15.3 Å². The summed E-state index contributed by atoms with van der Waals surface area (Å²) in [6, 6.07) is 7.95. The first-order chi connectivity index (χ1) is 14.6. The third-order valence-electron chi connectivity index (χ3n) is 4.40. The average Bonchev–Trinajstić information content (AvgIpc) is 2.73. The normalized spacial score (nSPS) is 20.4. The Hall–Kier alpha value is -3.05. The van der Waals surface area contributed by atoms with Gasteiger partial charge >= 0.3 is 5.97 Å². The molecule has 4 N–H and O–H groups in total. The summed E-state index contributed by atoms with van der Waals surface area (Å²) in [5.41, 5.74) is 1.05. The Morgan fingerprint density at radius 3 is 2.52 bits per heavy atom. The smallest absolute Gasteiger partial charge is 0.356 e. The molecule has 166 valence electrons. The maximum absolute atomic E-state index is 12.8. The first-order valence-electron chi connectivity index (χ1n) is 9.51. The number of esters is 1. The Morgan fingerprint density at radius 1 is 1.23 bits per heavy atom. The summed E-state index contributed by atoms with van der Waals surface area (Å²) in [4.78, 5) is 51.2. The Labute approximate surface area is 183 Å². The lowest BCUT2D eigenvalue weighted by molar-refractivity contribution is -0.159. The topological polar surface area (TPSA) is 140 Å². The molecule has 0 aromatic heterocycles. The number of fused-ring (bicyclic) bond motifs is 1. The summed E-state index contributed by atoms with van der Waals surface area (Å²) in [5, 5.41) is 2.07. The number of para-hydroxylation sites is 1. The molecular weight excluding hydrogens is 424 g/mol. The molecule has 3 amide bonds. The van der Waals surface area contributed by atoms with E-state index in [2.05, 4.69) is 5.32 Å². The van der Waals surface area contributed by atoms with E-state index in [9.17, 15) is 19.2 Å². The van der Waals surface area contributed by atoms with E-state index in [1.165, 1.54) is 16.7 Å². The van der Waals surface area contributed by atoms with Crippen molar-refractivity contribution in [1.29, 1.82) is 0 Å². The number of amides is 3. The van der Waals surface area contributed by atoms with Crippen molar-refractivity contribution in [2.24, 2.45) is 5.84 Å². The van der Waals surface area contributed by atoms with Crippen LogP contribution in [0.2, 0.25) is 0 Å². The van der Waals surface area contributed by atoms with E-state index in [0.717, 1.165) is 0 Å². The van der Waals surface area contributed by atoms with Gasteiger partial charge in [0.1, 0.15) is 28.5 Å². The fourth-order valence-electron chi connectivity index (χ4n) is 3.08. The number of benzene rings is 1. The second kappa shape index (κ2) is 8.98. The maximum atomic E-state index is 12.8. The monoisotopic (exact) mass is 448 g/mol. The molecule has 1 saturated heterocycles. The number of nitrogens with zero attached hydrogens (tertiary/aromatic N) is 1. The van der Waals surface area contributed by atoms with Gasteiger partial charge in [0.05, 0.1) is 5.57 Å². The highest BCUT2D eigenvalue weighted by molar-refractivity contribution is 8.00. The molecular formula is C20H24N4O6S. The van der Waals surface area contributed by atoms with Gasteiger partial charge in [-0.05, 0) is 32.9 Å². The Morgan fingerprint density at radius 2 is 1.90 bits per heavy atom. The zero-order valence-electron chi connectivity index (χ0n) is 17.3. The predicted octanol–water partition coefficient (Wildman–Crippen LogP) is 0.0510. The van der Waals surface area contributed by atoms with Gasteiger partial charge in [-0.3, -0.25) is 24.7 Å². The van der Waals surface area contributed by atoms with Gasteiger partial charge in [0.2, 0.25) is 0 Å². The molecule has 2 heterocycles. The second-order valence-corrected chi connectivity index (χ2v) is 8.96. The Kier molecular flexibility index (Phi) is 6.56. The van der Waals surface area contributed by atoms with Crippen LogP contribution < -0.4 is 21.3 Å². The van der Waals surface area contributed by atoms with E-state index >= 15 is 0 Å². The van der Waals surface area contributed by atoms with Crippen LogP contribution in [0.1, 0.15) is 20.8 Å². The standard InChI is InChI=1S/C20H24N4O6S/c1-20(2,3)30-19(28)15-12(16(26)23-21)10-31-18-14(17(27)24(15)18)22-13(25)9-29-11-7-5-4-6-8-11/h4-8,14,18H,9-10,21H2,1-3H3,(H,22,25)(H,23,26)/t14?,18-/m0/s1. The van der Waals surface area contributed by atoms with Gasteiger partial charge in [0.25, 0.3) is 17.7 Å². The van der Waals surface area contributed by atoms with Gasteiger partial charge in [0, 0.05) is 5.75 Å². The van der Waals surface area contributed by atoms with Gasteiger partial charge in [0.15, 0.2) is 6.61 Å². The minimum absolute atomic E-state index is 0.0449. The number of carbonyl (C=O) groups is 4. The summed E-state index contributed by atoms with van der Waals surface area (Å²) < 4.78 is 10.8. The minimum atomic E-state index is -0.850. The highest BCUT2D eigenvalue weighted by Gasteiger charge is 2.55. The summed E-state index contributed by atoms with van der Waals surface area (Å²) in [5.74, 6) is 3.40. The molecule has 0 bridgehead atoms. The number of rotatable bonds is 6. The molecule has 1 fully saturated rings. The highest BCUT2D eigenvalue weighted by Crippen LogP contribution is 2.41. The van der Waals surface area contributed by atoms with E-state index in [1.54, 1.807) is 45.0 Å². The Balaban J connectivity index is 1.72. The first kappa shape index (κ1) is 22.6. The molecule has 11 heteroatoms. The summed E-state index contributed by atoms with van der Waals surface area (Å²) in [6.45, 7) is 4.77. The van der Waals surface area contributed by atoms with Crippen LogP contribution in [0.3, 0.4) is 0 Å². The van der Waals surface area contributed by atoms with Crippen LogP contribution in [0.4, 0.5) is 0 Å². The minimum Gasteiger partial charge on any atom is -0.484 e. The number of hydrazine groups is 1. The zero-order chi connectivity index (χ0) is 22.8. The molecule has 3 rings (SSSR count). The van der Waals surface area contributed by atoms with Gasteiger partial charge in [-0.2, -0.15) is 0 Å². The lowest BCUT2D eigenvalue weighted by Gasteiger charge is -2.49. The number of nitrogens with one attached hydrogen (secondary N) is 2. The molecule has 1 aromatic rings. The van der Waals surface area contributed by atoms with Crippen molar-refractivity contribution in [1.82, 2.24) is 15.6 Å². The lowest BCUT2D eigenvalue weighted by Crippen LogP contribution is -2.71. The predicted molar refractivity (Wildman–Crippen MR) is 112 cm³/mol. The fourth-order valence-corrected chi connectivity index (χ4v) is 4.42. The second-order valence-electron chi connectivity index (χ2n) is 7.86. The molecule has 0 saturated carbocycles. The number of thioether (sulfide) groups is 1. The summed E-state index contributed by atoms with van der Waals surface area (Å²) in [7, 11) is 0. The largest absolute Gasteiger partial charge is 0.484 e. The first-order valence-corrected chi connectivity index (χ1v) is 10.6. The number of hydrogen-bond acceptors (Lipinski definition) is 8. The summed E-state index contributed by atoms with van der Waals surface area (Å²) in [6.07, 6.45) is 0. The van der Waals surface area contributed by atoms with E-state index in [1.807, 2.05) is 11.5 Å². The van der Waals surface area contributed by atoms with Gasteiger partial charge in [-0.15, -0.1) is 11.8 Å². The van der Waals surface area contributed by atoms with Crippen molar-refractivity contribution in [2.75, 3.05) is 12.4 Å². The number of β-lactam (4-membered cyclic amide) rings is 1. The van der Waals surface area contributed by atoms with Crippen molar-refractivity contribution in [3.05, 3.63) is 41.6 Å². The van der Waals surface area contributed by atoms with Crippen LogP contribution in [0.5, 0.6) is 5.75 Å². The van der Waals surface area contributed by atoms with Crippen LogP contribution in [-0.4, -0.2) is 58.0 Å². The molecule has 2 aliphatic rings. The zero-order valence-corrected chi connectivity index (χ0v) is 18.2. The molecule has 2 aliphatic heterocycles. The van der Waals surface area contributed by atoms with Crippen LogP contribution in [0, 0.1) is 0 Å². The molecule has 10 nitrogen and oxygen atoms in total. The SMILES string of the molecule is CC(C)(C)OC(=O)C1=C(C(=O)NN)CS[C@H]2C(NC(=O)COc3ccccc3)C(=O)N12. The molecule has 0 spiro atoms. The Bertz CT molecular complexity index is 927. The average molecular weight is 449 g/mol. The van der Waals surface area contributed by atoms with Gasteiger partial charge < -0.3 is 14.8 Å². The van der Waals surface area contributed by atoms with E-state index in [-0.39, 0.29) is 23.6 Å². The maximum Gasteiger partial charge on any atom is 0.356 e.